The number of fused-ring (bicyclic) bond motifs is 2. The molecule has 2 N–H and O–H groups in total. The number of likely N-dealkylation sites (N-methyl/N-ethyl adjacent to an activating group) is 1. The van der Waals surface area contributed by atoms with Crippen LogP contribution in [0.5, 0.6) is 11.5 Å². The number of aryl methyl sites for hydroxylation is 1. The normalized spacial score (nSPS) is 18.5. The number of aromatic nitrogens is 1. The van der Waals surface area contributed by atoms with Gasteiger partial charge < -0.3 is 19.9 Å². The standard InChI is InChI=1S/C20H27N3O3/c1-4-23-11-20(24,12-23)10-21-19-13-6-5-7-15(13)22-16-9-18(26-3)17(25-2)8-14(16)19/h8-9,24H,4-7,10-12H2,1-3H3,(H,21,22). The van der Waals surface area contributed by atoms with Crippen molar-refractivity contribution in [2.75, 3.05) is 45.7 Å². The molecule has 1 aromatic heterocycles. The number of benzene rings is 1. The highest BCUT2D eigenvalue weighted by molar-refractivity contribution is 5.96. The van der Waals surface area contributed by atoms with Crippen molar-refractivity contribution in [2.24, 2.45) is 0 Å². The van der Waals surface area contributed by atoms with Gasteiger partial charge >= 0.3 is 0 Å². The van der Waals surface area contributed by atoms with Gasteiger partial charge in [0.15, 0.2) is 11.5 Å². The Balaban J connectivity index is 1.72. The van der Waals surface area contributed by atoms with E-state index < -0.39 is 5.60 Å². The summed E-state index contributed by atoms with van der Waals surface area (Å²) in [6.45, 7) is 5.09. The van der Waals surface area contributed by atoms with E-state index in [1.807, 2.05) is 12.1 Å². The third kappa shape index (κ3) is 2.87. The summed E-state index contributed by atoms with van der Waals surface area (Å²) in [4.78, 5) is 7.10. The molecule has 1 aliphatic carbocycles. The molecular formula is C20H27N3O3. The smallest absolute Gasteiger partial charge is 0.162 e. The fourth-order valence-electron chi connectivity index (χ4n) is 4.17. The number of anilines is 1. The largest absolute Gasteiger partial charge is 0.493 e. The average Bonchev–Trinajstić information content (AvgIpc) is 3.09. The van der Waals surface area contributed by atoms with Crippen LogP contribution in [-0.4, -0.2) is 61.0 Å². The minimum absolute atomic E-state index is 0.545. The van der Waals surface area contributed by atoms with E-state index in [-0.39, 0.29) is 0 Å². The number of hydrogen-bond acceptors (Lipinski definition) is 6. The average molecular weight is 357 g/mol. The predicted molar refractivity (Wildman–Crippen MR) is 102 cm³/mol. The van der Waals surface area contributed by atoms with Gasteiger partial charge in [-0.2, -0.15) is 0 Å². The molecule has 0 amide bonds. The zero-order chi connectivity index (χ0) is 18.3. The van der Waals surface area contributed by atoms with Crippen molar-refractivity contribution in [1.82, 2.24) is 9.88 Å². The van der Waals surface area contributed by atoms with E-state index >= 15 is 0 Å². The summed E-state index contributed by atoms with van der Waals surface area (Å²) < 4.78 is 10.9. The van der Waals surface area contributed by atoms with E-state index in [0.717, 1.165) is 61.2 Å². The molecule has 0 saturated carbocycles. The lowest BCUT2D eigenvalue weighted by molar-refractivity contribution is -0.0846. The number of rotatable bonds is 6. The van der Waals surface area contributed by atoms with E-state index in [9.17, 15) is 5.11 Å². The Kier molecular flexibility index (Phi) is 4.40. The van der Waals surface area contributed by atoms with E-state index in [1.54, 1.807) is 14.2 Å². The van der Waals surface area contributed by atoms with Crippen LogP contribution in [0.2, 0.25) is 0 Å². The lowest BCUT2D eigenvalue weighted by atomic mass is 9.93. The molecule has 0 atom stereocenters. The van der Waals surface area contributed by atoms with Gasteiger partial charge in [0, 0.05) is 42.5 Å². The van der Waals surface area contributed by atoms with Crippen LogP contribution >= 0.6 is 0 Å². The minimum atomic E-state index is -0.659. The number of nitrogens with one attached hydrogen (secondary N) is 1. The number of ether oxygens (including phenoxy) is 2. The first-order valence-corrected chi connectivity index (χ1v) is 9.33. The highest BCUT2D eigenvalue weighted by Crippen LogP contribution is 2.39. The van der Waals surface area contributed by atoms with Gasteiger partial charge in [-0.1, -0.05) is 6.92 Å². The SMILES string of the molecule is CCN1CC(O)(CNc2c3c(nc4cc(OC)c(OC)cc24)CCC3)C1. The van der Waals surface area contributed by atoms with Crippen molar-refractivity contribution < 1.29 is 14.6 Å². The third-order valence-corrected chi connectivity index (χ3v) is 5.59. The number of β-amino-alcohol motifs (C(OH)–C–C–N with tert-alkyl or cyclic N) is 1. The number of hydrogen-bond donors (Lipinski definition) is 2. The van der Waals surface area contributed by atoms with E-state index in [1.165, 1.54) is 5.56 Å². The van der Waals surface area contributed by atoms with Crippen LogP contribution in [0.1, 0.15) is 24.6 Å². The second-order valence-corrected chi connectivity index (χ2v) is 7.37. The maximum absolute atomic E-state index is 10.7. The Morgan fingerprint density at radius 2 is 1.92 bits per heavy atom. The number of pyridine rings is 1. The molecule has 1 saturated heterocycles. The van der Waals surface area contributed by atoms with Crippen LogP contribution in [0.4, 0.5) is 5.69 Å². The molecule has 6 heteroatoms. The van der Waals surface area contributed by atoms with Crippen molar-refractivity contribution >= 4 is 16.6 Å². The van der Waals surface area contributed by atoms with Crippen molar-refractivity contribution in [3.63, 3.8) is 0 Å². The fraction of sp³-hybridized carbons (Fsp3) is 0.550. The van der Waals surface area contributed by atoms with Crippen molar-refractivity contribution in [3.05, 3.63) is 23.4 Å². The molecule has 2 heterocycles. The Hall–Kier alpha value is -2.05. The molecule has 1 aliphatic heterocycles. The summed E-state index contributed by atoms with van der Waals surface area (Å²) in [5, 5.41) is 15.3. The second-order valence-electron chi connectivity index (χ2n) is 7.37. The zero-order valence-corrected chi connectivity index (χ0v) is 15.8. The van der Waals surface area contributed by atoms with Gasteiger partial charge in [-0.25, -0.2) is 0 Å². The van der Waals surface area contributed by atoms with Crippen LogP contribution in [-0.2, 0) is 12.8 Å². The molecule has 2 aliphatic rings. The van der Waals surface area contributed by atoms with Gasteiger partial charge in [-0.15, -0.1) is 0 Å². The summed E-state index contributed by atoms with van der Waals surface area (Å²) in [5.41, 5.74) is 3.77. The lowest BCUT2D eigenvalue weighted by Crippen LogP contribution is -2.64. The maximum Gasteiger partial charge on any atom is 0.162 e. The predicted octanol–water partition coefficient (Wildman–Crippen LogP) is 2.22. The van der Waals surface area contributed by atoms with Gasteiger partial charge in [0.05, 0.1) is 19.7 Å². The molecule has 140 valence electrons. The quantitative estimate of drug-likeness (QED) is 0.826. The molecule has 4 rings (SSSR count). The first-order chi connectivity index (χ1) is 12.6. The van der Waals surface area contributed by atoms with Gasteiger partial charge in [-0.05, 0) is 37.4 Å². The molecule has 1 aromatic carbocycles. The van der Waals surface area contributed by atoms with E-state index in [2.05, 4.69) is 17.1 Å². The lowest BCUT2D eigenvalue weighted by Gasteiger charge is -2.46. The Bertz CT molecular complexity index is 831. The van der Waals surface area contributed by atoms with Crippen LogP contribution in [0.25, 0.3) is 10.9 Å². The molecule has 6 nitrogen and oxygen atoms in total. The highest BCUT2D eigenvalue weighted by atomic mass is 16.5. The topological polar surface area (TPSA) is 66.9 Å². The number of aliphatic hydroxyl groups is 1. The summed E-state index contributed by atoms with van der Waals surface area (Å²) in [6.07, 6.45) is 3.14. The molecule has 2 aromatic rings. The highest BCUT2D eigenvalue weighted by Gasteiger charge is 2.40. The van der Waals surface area contributed by atoms with Crippen LogP contribution < -0.4 is 14.8 Å². The second kappa shape index (κ2) is 6.59. The van der Waals surface area contributed by atoms with E-state index in [4.69, 9.17) is 14.5 Å². The van der Waals surface area contributed by atoms with Crippen molar-refractivity contribution in [2.45, 2.75) is 31.8 Å². The Morgan fingerprint density at radius 3 is 2.62 bits per heavy atom. The number of nitrogens with zero attached hydrogens (tertiary/aromatic N) is 2. The van der Waals surface area contributed by atoms with Gasteiger partial charge in [-0.3, -0.25) is 9.88 Å². The minimum Gasteiger partial charge on any atom is -0.493 e. The van der Waals surface area contributed by atoms with Crippen LogP contribution in [0, 0.1) is 0 Å². The van der Waals surface area contributed by atoms with E-state index in [0.29, 0.717) is 18.0 Å². The van der Waals surface area contributed by atoms with Crippen LogP contribution in [0.15, 0.2) is 12.1 Å². The molecule has 0 bridgehead atoms. The van der Waals surface area contributed by atoms with Crippen LogP contribution in [0.3, 0.4) is 0 Å². The summed E-state index contributed by atoms with van der Waals surface area (Å²) >= 11 is 0. The summed E-state index contributed by atoms with van der Waals surface area (Å²) in [7, 11) is 3.29. The van der Waals surface area contributed by atoms with Crippen molar-refractivity contribution in [1.29, 1.82) is 0 Å². The van der Waals surface area contributed by atoms with Crippen molar-refractivity contribution in [3.8, 4) is 11.5 Å². The third-order valence-electron chi connectivity index (χ3n) is 5.59. The maximum atomic E-state index is 10.7. The molecule has 0 unspecified atom stereocenters. The van der Waals surface area contributed by atoms with Gasteiger partial charge in [0.25, 0.3) is 0 Å². The summed E-state index contributed by atoms with van der Waals surface area (Å²) in [6, 6.07) is 3.93. The number of likely N-dealkylation sites (tertiary alicyclic amines) is 1. The Labute approximate surface area is 154 Å². The molecule has 0 spiro atoms. The fourth-order valence-corrected chi connectivity index (χ4v) is 4.17. The molecule has 1 fully saturated rings. The first kappa shape index (κ1) is 17.4. The molecular weight excluding hydrogens is 330 g/mol. The van der Waals surface area contributed by atoms with Gasteiger partial charge in [0.2, 0.25) is 0 Å². The first-order valence-electron chi connectivity index (χ1n) is 9.33. The zero-order valence-electron chi connectivity index (χ0n) is 15.8. The number of methoxy groups -OCH3 is 2. The molecule has 0 radical (unpaired) electrons. The summed E-state index contributed by atoms with van der Waals surface area (Å²) in [5.74, 6) is 1.38. The monoisotopic (exact) mass is 357 g/mol. The van der Waals surface area contributed by atoms with Gasteiger partial charge in [0.1, 0.15) is 5.60 Å². The molecule has 26 heavy (non-hydrogen) atoms. The Morgan fingerprint density at radius 1 is 1.19 bits per heavy atom.